The molecule has 160 valence electrons. The summed E-state index contributed by atoms with van der Waals surface area (Å²) < 4.78 is 6.67. The molecule has 0 aliphatic heterocycles. The van der Waals surface area contributed by atoms with E-state index in [0.29, 0.717) is 22.3 Å². The van der Waals surface area contributed by atoms with Gasteiger partial charge in [0.1, 0.15) is 5.75 Å². The molecule has 0 spiro atoms. The molecule has 0 aliphatic carbocycles. The fourth-order valence-corrected chi connectivity index (χ4v) is 4.44. The number of carbonyl (C=O) groups is 1. The van der Waals surface area contributed by atoms with Crippen molar-refractivity contribution in [1.29, 1.82) is 0 Å². The van der Waals surface area contributed by atoms with Crippen molar-refractivity contribution in [1.82, 2.24) is 9.88 Å². The number of fused-ring (bicyclic) bond motifs is 1. The van der Waals surface area contributed by atoms with Crippen molar-refractivity contribution in [2.75, 3.05) is 31.1 Å². The Bertz CT molecular complexity index is 984. The molecule has 0 aliphatic rings. The second kappa shape index (κ2) is 10.2. The summed E-state index contributed by atoms with van der Waals surface area (Å²) in [6.45, 7) is 11.4. The summed E-state index contributed by atoms with van der Waals surface area (Å²) in [4.78, 5) is 22.2. The highest BCUT2D eigenvalue weighted by atomic mass is 35.5. The van der Waals surface area contributed by atoms with E-state index >= 15 is 0 Å². The van der Waals surface area contributed by atoms with E-state index in [9.17, 15) is 4.79 Å². The Morgan fingerprint density at radius 2 is 1.80 bits per heavy atom. The Hall–Kier alpha value is -2.15. The van der Waals surface area contributed by atoms with Crippen LogP contribution in [-0.2, 0) is 0 Å². The van der Waals surface area contributed by atoms with Gasteiger partial charge in [0.2, 0.25) is 0 Å². The van der Waals surface area contributed by atoms with E-state index in [-0.39, 0.29) is 12.0 Å². The summed E-state index contributed by atoms with van der Waals surface area (Å²) in [6, 6.07) is 12.9. The van der Waals surface area contributed by atoms with Crippen molar-refractivity contribution in [3.05, 3.63) is 53.1 Å². The monoisotopic (exact) mass is 445 g/mol. The third kappa shape index (κ3) is 5.50. The number of amides is 1. The number of ether oxygens (including phenoxy) is 1. The van der Waals surface area contributed by atoms with Crippen LogP contribution in [0.15, 0.2) is 42.5 Å². The van der Waals surface area contributed by atoms with Crippen molar-refractivity contribution in [2.24, 2.45) is 0 Å². The third-order valence-electron chi connectivity index (χ3n) is 4.82. The molecule has 1 amide bonds. The minimum Gasteiger partial charge on any atom is -0.491 e. The number of halogens is 1. The summed E-state index contributed by atoms with van der Waals surface area (Å²) in [5.41, 5.74) is 1.46. The van der Waals surface area contributed by atoms with E-state index in [4.69, 9.17) is 21.3 Å². The second-order valence-electron chi connectivity index (χ2n) is 7.28. The summed E-state index contributed by atoms with van der Waals surface area (Å²) in [5.74, 6) is 0.689. The molecule has 3 rings (SSSR count). The minimum atomic E-state index is -0.0663. The standard InChI is InChI=1S/C23H28ClN3O2S/c1-5-26(6-2)13-14-27(23-25-20-12-9-18(24)15-21(20)30-23)22(28)17-7-10-19(11-8-17)29-16(3)4/h7-12,15-16H,5-6,13-14H2,1-4H3. The molecule has 1 heterocycles. The number of rotatable bonds is 9. The number of thiazole rings is 1. The lowest BCUT2D eigenvalue weighted by Gasteiger charge is -2.24. The number of anilines is 1. The highest BCUT2D eigenvalue weighted by Crippen LogP contribution is 2.31. The lowest BCUT2D eigenvalue weighted by molar-refractivity contribution is 0.0983. The highest BCUT2D eigenvalue weighted by Gasteiger charge is 2.22. The molecule has 0 bridgehead atoms. The second-order valence-corrected chi connectivity index (χ2v) is 8.73. The smallest absolute Gasteiger partial charge is 0.260 e. The van der Waals surface area contributed by atoms with Crippen LogP contribution in [0.25, 0.3) is 10.2 Å². The van der Waals surface area contributed by atoms with Crippen LogP contribution in [0, 0.1) is 0 Å². The number of likely N-dealkylation sites (N-methyl/N-ethyl adjacent to an activating group) is 1. The first-order valence-corrected chi connectivity index (χ1v) is 11.5. The number of nitrogens with zero attached hydrogens (tertiary/aromatic N) is 3. The van der Waals surface area contributed by atoms with E-state index < -0.39 is 0 Å². The molecule has 3 aromatic rings. The Morgan fingerprint density at radius 1 is 1.10 bits per heavy atom. The van der Waals surface area contributed by atoms with E-state index in [1.807, 2.05) is 56.3 Å². The van der Waals surface area contributed by atoms with Gasteiger partial charge >= 0.3 is 0 Å². The Kier molecular flexibility index (Phi) is 7.69. The lowest BCUT2D eigenvalue weighted by Crippen LogP contribution is -2.38. The van der Waals surface area contributed by atoms with Crippen LogP contribution in [0.3, 0.4) is 0 Å². The van der Waals surface area contributed by atoms with Crippen LogP contribution in [0.2, 0.25) is 5.02 Å². The number of aromatic nitrogens is 1. The molecular formula is C23H28ClN3O2S. The Balaban J connectivity index is 1.90. The number of hydrogen-bond acceptors (Lipinski definition) is 5. The SMILES string of the molecule is CCN(CC)CCN(C(=O)c1ccc(OC(C)C)cc1)c1nc2ccc(Cl)cc2s1. The zero-order chi connectivity index (χ0) is 21.7. The van der Waals surface area contributed by atoms with E-state index in [1.165, 1.54) is 11.3 Å². The lowest BCUT2D eigenvalue weighted by atomic mass is 10.2. The fraction of sp³-hybridized carbons (Fsp3) is 0.391. The summed E-state index contributed by atoms with van der Waals surface area (Å²) >= 11 is 7.62. The largest absolute Gasteiger partial charge is 0.491 e. The number of benzene rings is 2. The molecule has 0 radical (unpaired) electrons. The first-order valence-electron chi connectivity index (χ1n) is 10.3. The molecule has 0 saturated heterocycles. The fourth-order valence-electron chi connectivity index (χ4n) is 3.17. The maximum atomic E-state index is 13.4. The van der Waals surface area contributed by atoms with Crippen LogP contribution in [-0.4, -0.2) is 48.1 Å². The first-order chi connectivity index (χ1) is 14.4. The van der Waals surface area contributed by atoms with Gasteiger partial charge in [-0.25, -0.2) is 4.98 Å². The van der Waals surface area contributed by atoms with Crippen molar-refractivity contribution in [3.63, 3.8) is 0 Å². The van der Waals surface area contributed by atoms with Crippen LogP contribution >= 0.6 is 22.9 Å². The van der Waals surface area contributed by atoms with Gasteiger partial charge in [-0.1, -0.05) is 36.8 Å². The molecule has 1 aromatic heterocycles. The van der Waals surface area contributed by atoms with Gasteiger partial charge in [-0.3, -0.25) is 9.69 Å². The Morgan fingerprint density at radius 3 is 2.43 bits per heavy atom. The van der Waals surface area contributed by atoms with Gasteiger partial charge in [0, 0.05) is 23.7 Å². The molecular weight excluding hydrogens is 418 g/mol. The van der Waals surface area contributed by atoms with Gasteiger partial charge < -0.3 is 9.64 Å². The molecule has 2 aromatic carbocycles. The van der Waals surface area contributed by atoms with Crippen molar-refractivity contribution >= 4 is 44.2 Å². The van der Waals surface area contributed by atoms with E-state index in [2.05, 4.69) is 18.7 Å². The summed E-state index contributed by atoms with van der Waals surface area (Å²) in [7, 11) is 0. The summed E-state index contributed by atoms with van der Waals surface area (Å²) in [5, 5.41) is 1.35. The molecule has 0 atom stereocenters. The van der Waals surface area contributed by atoms with Crippen LogP contribution < -0.4 is 9.64 Å². The minimum absolute atomic E-state index is 0.0663. The molecule has 0 N–H and O–H groups in total. The molecule has 30 heavy (non-hydrogen) atoms. The van der Waals surface area contributed by atoms with E-state index in [0.717, 1.165) is 35.6 Å². The number of carbonyl (C=O) groups excluding carboxylic acids is 1. The predicted molar refractivity (Wildman–Crippen MR) is 126 cm³/mol. The average Bonchev–Trinajstić information content (AvgIpc) is 3.13. The topological polar surface area (TPSA) is 45.7 Å². The zero-order valence-electron chi connectivity index (χ0n) is 17.9. The normalized spacial score (nSPS) is 11.4. The predicted octanol–water partition coefficient (Wildman–Crippen LogP) is 5.73. The van der Waals surface area contributed by atoms with Gasteiger partial charge in [0.25, 0.3) is 5.91 Å². The van der Waals surface area contributed by atoms with Gasteiger partial charge in [0.15, 0.2) is 5.13 Å². The molecule has 7 heteroatoms. The highest BCUT2D eigenvalue weighted by molar-refractivity contribution is 7.22. The maximum Gasteiger partial charge on any atom is 0.260 e. The third-order valence-corrected chi connectivity index (χ3v) is 6.10. The maximum absolute atomic E-state index is 13.4. The van der Waals surface area contributed by atoms with Crippen molar-refractivity contribution < 1.29 is 9.53 Å². The van der Waals surface area contributed by atoms with Gasteiger partial charge in [-0.05, 0) is 69.4 Å². The van der Waals surface area contributed by atoms with Crippen LogP contribution in [0.1, 0.15) is 38.1 Å². The van der Waals surface area contributed by atoms with Crippen LogP contribution in [0.4, 0.5) is 5.13 Å². The number of hydrogen-bond donors (Lipinski definition) is 0. The van der Waals surface area contributed by atoms with Gasteiger partial charge in [-0.15, -0.1) is 0 Å². The first kappa shape index (κ1) is 22.5. The van der Waals surface area contributed by atoms with E-state index in [1.54, 1.807) is 4.90 Å². The van der Waals surface area contributed by atoms with Crippen molar-refractivity contribution in [3.8, 4) is 5.75 Å². The Labute approximate surface area is 187 Å². The molecule has 0 saturated carbocycles. The van der Waals surface area contributed by atoms with Crippen LogP contribution in [0.5, 0.6) is 5.75 Å². The van der Waals surface area contributed by atoms with Gasteiger partial charge in [-0.2, -0.15) is 0 Å². The molecule has 5 nitrogen and oxygen atoms in total. The van der Waals surface area contributed by atoms with Gasteiger partial charge in [0.05, 0.1) is 16.3 Å². The average molecular weight is 446 g/mol. The summed E-state index contributed by atoms with van der Waals surface area (Å²) in [6.07, 6.45) is 0.0895. The zero-order valence-corrected chi connectivity index (χ0v) is 19.5. The molecule has 0 fully saturated rings. The molecule has 0 unspecified atom stereocenters. The quantitative estimate of drug-likeness (QED) is 0.422. The van der Waals surface area contributed by atoms with Crippen molar-refractivity contribution in [2.45, 2.75) is 33.8 Å².